The summed E-state index contributed by atoms with van der Waals surface area (Å²) in [5.41, 5.74) is 7.51. The minimum absolute atomic E-state index is 0.170. The Kier molecular flexibility index (Phi) is 2.34. The van der Waals surface area contributed by atoms with Gasteiger partial charge in [-0.15, -0.1) is 13.2 Å². The van der Waals surface area contributed by atoms with Gasteiger partial charge in [0.15, 0.2) is 0 Å². The monoisotopic (exact) mass is 217 g/mol. The van der Waals surface area contributed by atoms with Crippen molar-refractivity contribution in [2.75, 3.05) is 0 Å². The predicted molar refractivity (Wildman–Crippen MR) is 48.4 cm³/mol. The molecule has 15 heavy (non-hydrogen) atoms. The smallest absolute Gasteiger partial charge is 0.406 e. The average molecular weight is 217 g/mol. The van der Waals surface area contributed by atoms with Crippen LogP contribution in [0.3, 0.4) is 0 Å². The first-order valence-corrected chi connectivity index (χ1v) is 4.60. The van der Waals surface area contributed by atoms with Crippen LogP contribution in [0.1, 0.15) is 23.6 Å². The molecule has 0 radical (unpaired) electrons. The minimum Gasteiger partial charge on any atom is -0.406 e. The average Bonchev–Trinajstić information content (AvgIpc) is 2.45. The molecule has 0 bridgehead atoms. The molecule has 1 aliphatic rings. The van der Waals surface area contributed by atoms with E-state index in [1.807, 2.05) is 0 Å². The van der Waals surface area contributed by atoms with Crippen LogP contribution in [0.15, 0.2) is 18.2 Å². The molecule has 1 atom stereocenters. The van der Waals surface area contributed by atoms with E-state index in [0.29, 0.717) is 0 Å². The van der Waals surface area contributed by atoms with Crippen molar-refractivity contribution < 1.29 is 17.9 Å². The maximum Gasteiger partial charge on any atom is 0.573 e. The van der Waals surface area contributed by atoms with E-state index in [9.17, 15) is 13.2 Å². The largest absolute Gasteiger partial charge is 0.573 e. The lowest BCUT2D eigenvalue weighted by molar-refractivity contribution is -0.274. The molecule has 0 amide bonds. The molecule has 2 rings (SSSR count). The highest BCUT2D eigenvalue weighted by molar-refractivity contribution is 5.40. The molecule has 0 saturated heterocycles. The van der Waals surface area contributed by atoms with Crippen LogP contribution in [0.25, 0.3) is 0 Å². The fraction of sp³-hybridized carbons (Fsp3) is 0.400. The first-order valence-electron chi connectivity index (χ1n) is 4.60. The quantitative estimate of drug-likeness (QED) is 0.784. The molecule has 0 heterocycles. The Morgan fingerprint density at radius 3 is 2.73 bits per heavy atom. The zero-order chi connectivity index (χ0) is 11.1. The molecule has 82 valence electrons. The number of fused-ring (bicyclic) bond motifs is 1. The summed E-state index contributed by atoms with van der Waals surface area (Å²) >= 11 is 0. The Morgan fingerprint density at radius 2 is 2.07 bits per heavy atom. The van der Waals surface area contributed by atoms with Gasteiger partial charge in [-0.25, -0.2) is 0 Å². The van der Waals surface area contributed by atoms with Crippen molar-refractivity contribution in [3.63, 3.8) is 0 Å². The summed E-state index contributed by atoms with van der Waals surface area (Å²) in [7, 11) is 0. The van der Waals surface area contributed by atoms with E-state index in [1.54, 1.807) is 6.07 Å². The van der Waals surface area contributed by atoms with Gasteiger partial charge >= 0.3 is 6.36 Å². The number of hydrogen-bond donors (Lipinski definition) is 1. The lowest BCUT2D eigenvalue weighted by Gasteiger charge is -2.11. The van der Waals surface area contributed by atoms with Crippen molar-refractivity contribution in [3.05, 3.63) is 29.3 Å². The summed E-state index contributed by atoms with van der Waals surface area (Å²) in [6, 6.07) is 4.17. The van der Waals surface area contributed by atoms with E-state index in [-0.39, 0.29) is 11.8 Å². The molecule has 0 aliphatic heterocycles. The molecule has 0 saturated carbocycles. The first-order chi connectivity index (χ1) is 6.96. The van der Waals surface area contributed by atoms with Crippen LogP contribution in [-0.4, -0.2) is 6.36 Å². The maximum atomic E-state index is 11.9. The van der Waals surface area contributed by atoms with E-state index in [1.165, 1.54) is 12.1 Å². The molecule has 0 fully saturated rings. The van der Waals surface area contributed by atoms with Gasteiger partial charge in [0.25, 0.3) is 0 Å². The highest BCUT2D eigenvalue weighted by atomic mass is 19.4. The number of nitrogens with two attached hydrogens (primary N) is 1. The molecule has 2 N–H and O–H groups in total. The lowest BCUT2D eigenvalue weighted by atomic mass is 10.1. The van der Waals surface area contributed by atoms with Crippen molar-refractivity contribution >= 4 is 0 Å². The van der Waals surface area contributed by atoms with E-state index in [0.717, 1.165) is 24.0 Å². The molecule has 1 aromatic carbocycles. The van der Waals surface area contributed by atoms with Crippen LogP contribution in [0, 0.1) is 0 Å². The fourth-order valence-corrected chi connectivity index (χ4v) is 1.81. The maximum absolute atomic E-state index is 11.9. The molecule has 5 heteroatoms. The van der Waals surface area contributed by atoms with Gasteiger partial charge in [0.05, 0.1) is 0 Å². The Labute approximate surface area is 84.8 Å². The van der Waals surface area contributed by atoms with E-state index >= 15 is 0 Å². The number of hydrogen-bond acceptors (Lipinski definition) is 2. The minimum atomic E-state index is -4.64. The molecule has 0 aromatic heterocycles. The van der Waals surface area contributed by atoms with Crippen molar-refractivity contribution in [1.29, 1.82) is 0 Å². The highest BCUT2D eigenvalue weighted by Crippen LogP contribution is 2.33. The van der Waals surface area contributed by atoms with Crippen molar-refractivity contribution in [1.82, 2.24) is 0 Å². The Hall–Kier alpha value is -1.23. The summed E-state index contributed by atoms with van der Waals surface area (Å²) in [5, 5.41) is 0. The van der Waals surface area contributed by atoms with Crippen LogP contribution in [0.5, 0.6) is 5.75 Å². The Bertz CT molecular complexity index is 375. The summed E-state index contributed by atoms with van der Waals surface area (Å²) in [6.45, 7) is 0. The number of rotatable bonds is 1. The standard InChI is InChI=1S/C10H10F3NO/c11-10(12,13)15-7-3-1-6-2-4-9(14)8(6)5-7/h1,3,5,9H,2,4,14H2. The summed E-state index contributed by atoms with van der Waals surface area (Å²) in [5.74, 6) is -0.196. The summed E-state index contributed by atoms with van der Waals surface area (Å²) in [6.07, 6.45) is -3.04. The van der Waals surface area contributed by atoms with E-state index < -0.39 is 6.36 Å². The number of aryl methyl sites for hydroxylation is 1. The van der Waals surface area contributed by atoms with Gasteiger partial charge in [-0.05, 0) is 36.1 Å². The molecule has 1 aromatic rings. The van der Waals surface area contributed by atoms with Gasteiger partial charge in [0, 0.05) is 6.04 Å². The van der Waals surface area contributed by atoms with Crippen molar-refractivity contribution in [2.24, 2.45) is 5.73 Å². The molecule has 0 spiro atoms. The zero-order valence-electron chi connectivity index (χ0n) is 7.84. The van der Waals surface area contributed by atoms with Gasteiger partial charge in [-0.2, -0.15) is 0 Å². The number of halogens is 3. The van der Waals surface area contributed by atoms with Gasteiger partial charge in [-0.1, -0.05) is 6.07 Å². The third kappa shape index (κ3) is 2.23. The lowest BCUT2D eigenvalue weighted by Crippen LogP contribution is -2.17. The van der Waals surface area contributed by atoms with Gasteiger partial charge in [0.2, 0.25) is 0 Å². The van der Waals surface area contributed by atoms with Gasteiger partial charge in [-0.3, -0.25) is 0 Å². The van der Waals surface area contributed by atoms with Gasteiger partial charge < -0.3 is 10.5 Å². The summed E-state index contributed by atoms with van der Waals surface area (Å²) in [4.78, 5) is 0. The third-order valence-electron chi connectivity index (χ3n) is 2.48. The molecule has 1 unspecified atom stereocenters. The topological polar surface area (TPSA) is 35.2 Å². The van der Waals surface area contributed by atoms with Crippen LogP contribution >= 0.6 is 0 Å². The number of ether oxygens (including phenoxy) is 1. The second-order valence-corrected chi connectivity index (χ2v) is 3.55. The van der Waals surface area contributed by atoms with Crippen LogP contribution in [0.2, 0.25) is 0 Å². The van der Waals surface area contributed by atoms with Crippen molar-refractivity contribution in [3.8, 4) is 5.75 Å². The fourth-order valence-electron chi connectivity index (χ4n) is 1.81. The first kappa shape index (κ1) is 10.3. The highest BCUT2D eigenvalue weighted by Gasteiger charge is 2.31. The van der Waals surface area contributed by atoms with Crippen LogP contribution < -0.4 is 10.5 Å². The normalized spacial score (nSPS) is 20.1. The molecule has 2 nitrogen and oxygen atoms in total. The van der Waals surface area contributed by atoms with Crippen LogP contribution in [0.4, 0.5) is 13.2 Å². The summed E-state index contributed by atoms with van der Waals surface area (Å²) < 4.78 is 39.6. The second kappa shape index (κ2) is 3.41. The van der Waals surface area contributed by atoms with E-state index in [2.05, 4.69) is 4.74 Å². The number of alkyl halides is 3. The molecule has 1 aliphatic carbocycles. The Balaban J connectivity index is 2.26. The van der Waals surface area contributed by atoms with Gasteiger partial charge in [0.1, 0.15) is 5.75 Å². The van der Waals surface area contributed by atoms with Crippen molar-refractivity contribution in [2.45, 2.75) is 25.2 Å². The SMILES string of the molecule is NC1CCc2ccc(OC(F)(F)F)cc21. The zero-order valence-corrected chi connectivity index (χ0v) is 7.84. The number of benzene rings is 1. The Morgan fingerprint density at radius 1 is 1.33 bits per heavy atom. The molecular weight excluding hydrogens is 207 g/mol. The molecular formula is C10H10F3NO. The van der Waals surface area contributed by atoms with Crippen LogP contribution in [-0.2, 0) is 6.42 Å². The predicted octanol–water partition coefficient (Wildman–Crippen LogP) is 2.53. The third-order valence-corrected chi connectivity index (χ3v) is 2.48. The second-order valence-electron chi connectivity index (χ2n) is 3.55. The van der Waals surface area contributed by atoms with E-state index in [4.69, 9.17) is 5.73 Å².